The minimum Gasteiger partial charge on any atom is -0.379 e. The summed E-state index contributed by atoms with van der Waals surface area (Å²) in [5, 5.41) is 3.00. The number of carbonyl (C=O) groups excluding carboxylic acids is 1. The highest BCUT2D eigenvalue weighted by molar-refractivity contribution is 7.15. The monoisotopic (exact) mass is 431 g/mol. The Kier molecular flexibility index (Phi) is 5.68. The van der Waals surface area contributed by atoms with E-state index in [1.165, 1.54) is 9.75 Å². The summed E-state index contributed by atoms with van der Waals surface area (Å²) in [5.41, 5.74) is 5.10. The second kappa shape index (κ2) is 8.75. The smallest absolute Gasteiger partial charge is 0.256 e. The van der Waals surface area contributed by atoms with Crippen LogP contribution < -0.4 is 5.32 Å². The molecule has 0 bridgehead atoms. The summed E-state index contributed by atoms with van der Waals surface area (Å²) in [4.78, 5) is 22.3. The maximum Gasteiger partial charge on any atom is 0.256 e. The molecular weight excluding hydrogens is 406 g/mol. The lowest BCUT2D eigenvalue weighted by Gasteiger charge is -2.25. The number of rotatable bonds is 4. The third-order valence-corrected chi connectivity index (χ3v) is 6.87. The van der Waals surface area contributed by atoms with Crippen molar-refractivity contribution in [2.45, 2.75) is 20.0 Å². The van der Waals surface area contributed by atoms with Crippen molar-refractivity contribution in [3.05, 3.63) is 81.7 Å². The maximum atomic E-state index is 12.7. The summed E-state index contributed by atoms with van der Waals surface area (Å²) >= 11 is 1.83. The average molecular weight is 432 g/mol. The average Bonchev–Trinajstić information content (AvgIpc) is 3.42. The molecule has 3 aromatic rings. The molecule has 2 aromatic carbocycles. The van der Waals surface area contributed by atoms with Gasteiger partial charge in [0.2, 0.25) is 0 Å². The van der Waals surface area contributed by atoms with Crippen LogP contribution in [0.1, 0.15) is 31.9 Å². The van der Waals surface area contributed by atoms with Gasteiger partial charge in [0.15, 0.2) is 0 Å². The lowest BCUT2D eigenvalue weighted by molar-refractivity contribution is 0.0346. The topological polar surface area (TPSA) is 53.9 Å². The van der Waals surface area contributed by atoms with Gasteiger partial charge in [0.05, 0.1) is 19.8 Å². The van der Waals surface area contributed by atoms with E-state index in [9.17, 15) is 4.79 Å². The summed E-state index contributed by atoms with van der Waals surface area (Å²) in [5.74, 6) is 0.536. The Morgan fingerprint density at radius 1 is 1.10 bits per heavy atom. The van der Waals surface area contributed by atoms with Gasteiger partial charge < -0.3 is 10.1 Å². The standard InChI is InChI=1S/C25H25N3O2S/c1-17-2-4-18(5-3-17)25(29)27-24-22-14-19(6-7-20(22)15-26-24)23-9-8-21(31-23)16-28-10-12-30-13-11-28/h2-9,14H,10-13,15-16H2,1H3,(H,26,27,29). The first-order valence-corrected chi connectivity index (χ1v) is 11.4. The van der Waals surface area contributed by atoms with Gasteiger partial charge in [0, 0.05) is 40.5 Å². The fraction of sp³-hybridized carbons (Fsp3) is 0.280. The quantitative estimate of drug-likeness (QED) is 0.672. The number of hydrogen-bond acceptors (Lipinski definition) is 5. The molecule has 1 fully saturated rings. The summed E-state index contributed by atoms with van der Waals surface area (Å²) in [6.07, 6.45) is 0. The van der Waals surface area contributed by atoms with Crippen molar-refractivity contribution in [1.82, 2.24) is 10.2 Å². The summed E-state index contributed by atoms with van der Waals surface area (Å²) in [6, 6.07) is 18.4. The Labute approximate surface area is 186 Å². The zero-order valence-electron chi connectivity index (χ0n) is 17.6. The van der Waals surface area contributed by atoms with Gasteiger partial charge in [-0.05, 0) is 48.4 Å². The molecule has 3 heterocycles. The second-order valence-electron chi connectivity index (χ2n) is 8.01. The number of carbonyl (C=O) groups is 1. The Morgan fingerprint density at radius 2 is 1.90 bits per heavy atom. The van der Waals surface area contributed by atoms with Gasteiger partial charge in [0.1, 0.15) is 5.84 Å². The number of aliphatic imine (C=N–C) groups is 1. The number of thiophene rings is 1. The molecule has 6 heteroatoms. The first-order chi connectivity index (χ1) is 15.2. The predicted octanol–water partition coefficient (Wildman–Crippen LogP) is 4.25. The molecule has 31 heavy (non-hydrogen) atoms. The van der Waals surface area contributed by atoms with Gasteiger partial charge in [-0.25, -0.2) is 0 Å². The first kappa shape index (κ1) is 20.1. The third-order valence-electron chi connectivity index (χ3n) is 5.75. The van der Waals surface area contributed by atoms with E-state index in [0.717, 1.165) is 55.1 Å². The number of amides is 1. The number of aryl methyl sites for hydroxylation is 1. The molecule has 0 aliphatic carbocycles. The Balaban J connectivity index is 1.32. The maximum absolute atomic E-state index is 12.7. The van der Waals surface area contributed by atoms with Gasteiger partial charge in [-0.1, -0.05) is 29.8 Å². The molecule has 1 amide bonds. The lowest BCUT2D eigenvalue weighted by atomic mass is 10.0. The van der Waals surface area contributed by atoms with E-state index in [1.807, 2.05) is 42.5 Å². The van der Waals surface area contributed by atoms with E-state index in [4.69, 9.17) is 4.74 Å². The molecular formula is C25H25N3O2S. The summed E-state index contributed by atoms with van der Waals surface area (Å²) < 4.78 is 5.45. The normalized spacial score (nSPS) is 16.1. The molecule has 2 aliphatic rings. The second-order valence-corrected chi connectivity index (χ2v) is 9.18. The van der Waals surface area contributed by atoms with Gasteiger partial charge in [-0.2, -0.15) is 0 Å². The predicted molar refractivity (Wildman–Crippen MR) is 125 cm³/mol. The zero-order chi connectivity index (χ0) is 21.2. The number of ether oxygens (including phenoxy) is 1. The van der Waals surface area contributed by atoms with Crippen LogP contribution in [0.15, 0.2) is 59.6 Å². The number of hydrogen-bond donors (Lipinski definition) is 1. The molecule has 0 saturated carbocycles. The van der Waals surface area contributed by atoms with Crippen LogP contribution in [0.3, 0.4) is 0 Å². The van der Waals surface area contributed by atoms with E-state index in [1.54, 1.807) is 0 Å². The molecule has 0 radical (unpaired) electrons. The first-order valence-electron chi connectivity index (χ1n) is 10.6. The molecule has 0 unspecified atom stereocenters. The van der Waals surface area contributed by atoms with Crippen LogP contribution in [0.25, 0.3) is 10.4 Å². The molecule has 1 saturated heterocycles. The van der Waals surface area contributed by atoms with Gasteiger partial charge in [-0.3, -0.25) is 14.7 Å². The lowest BCUT2D eigenvalue weighted by Crippen LogP contribution is -2.35. The molecule has 2 aliphatic heterocycles. The van der Waals surface area contributed by atoms with Crippen molar-refractivity contribution in [3.63, 3.8) is 0 Å². The number of morpholine rings is 1. The van der Waals surface area contributed by atoms with Crippen molar-refractivity contribution >= 4 is 23.1 Å². The van der Waals surface area contributed by atoms with E-state index in [-0.39, 0.29) is 5.91 Å². The Morgan fingerprint density at radius 3 is 2.71 bits per heavy atom. The van der Waals surface area contributed by atoms with Crippen LogP contribution in [0.4, 0.5) is 0 Å². The van der Waals surface area contributed by atoms with Gasteiger partial charge >= 0.3 is 0 Å². The molecule has 5 rings (SSSR count). The molecule has 1 aromatic heterocycles. The van der Waals surface area contributed by atoms with Crippen LogP contribution in [-0.2, 0) is 17.8 Å². The molecule has 1 N–H and O–H groups in total. The number of nitrogens with one attached hydrogen (secondary N) is 1. The van der Waals surface area contributed by atoms with E-state index >= 15 is 0 Å². The molecule has 0 spiro atoms. The highest BCUT2D eigenvalue weighted by atomic mass is 32.1. The highest BCUT2D eigenvalue weighted by Crippen LogP contribution is 2.32. The van der Waals surface area contributed by atoms with Crippen LogP contribution in [0.5, 0.6) is 0 Å². The highest BCUT2D eigenvalue weighted by Gasteiger charge is 2.20. The van der Waals surface area contributed by atoms with E-state index in [2.05, 4.69) is 45.5 Å². The minimum absolute atomic E-state index is 0.124. The van der Waals surface area contributed by atoms with Crippen molar-refractivity contribution in [2.24, 2.45) is 4.99 Å². The van der Waals surface area contributed by atoms with Crippen molar-refractivity contribution < 1.29 is 9.53 Å². The fourth-order valence-electron chi connectivity index (χ4n) is 3.93. The fourth-order valence-corrected chi connectivity index (χ4v) is 4.97. The summed E-state index contributed by atoms with van der Waals surface area (Å²) in [7, 11) is 0. The van der Waals surface area contributed by atoms with Gasteiger partial charge in [-0.15, -0.1) is 11.3 Å². The number of fused-ring (bicyclic) bond motifs is 1. The molecule has 0 atom stereocenters. The SMILES string of the molecule is Cc1ccc(C(=O)NC2=NCc3ccc(-c4ccc(CN5CCOCC5)s4)cc32)cc1. The summed E-state index contributed by atoms with van der Waals surface area (Å²) in [6.45, 7) is 7.21. The van der Waals surface area contributed by atoms with Crippen molar-refractivity contribution in [1.29, 1.82) is 0 Å². The van der Waals surface area contributed by atoms with Crippen LogP contribution in [0, 0.1) is 6.92 Å². The van der Waals surface area contributed by atoms with Crippen molar-refractivity contribution in [3.8, 4) is 10.4 Å². The number of benzene rings is 2. The zero-order valence-corrected chi connectivity index (χ0v) is 18.4. The molecule has 5 nitrogen and oxygen atoms in total. The number of nitrogens with zero attached hydrogens (tertiary/aromatic N) is 2. The van der Waals surface area contributed by atoms with Crippen LogP contribution in [0.2, 0.25) is 0 Å². The largest absolute Gasteiger partial charge is 0.379 e. The van der Waals surface area contributed by atoms with E-state index in [0.29, 0.717) is 17.9 Å². The third kappa shape index (κ3) is 4.46. The Bertz CT molecular complexity index is 1130. The minimum atomic E-state index is -0.124. The van der Waals surface area contributed by atoms with Crippen LogP contribution >= 0.6 is 11.3 Å². The molecule has 158 valence electrons. The number of amidine groups is 1. The van der Waals surface area contributed by atoms with Crippen molar-refractivity contribution in [2.75, 3.05) is 26.3 Å². The van der Waals surface area contributed by atoms with E-state index < -0.39 is 0 Å². The van der Waals surface area contributed by atoms with Gasteiger partial charge in [0.25, 0.3) is 5.91 Å². The van der Waals surface area contributed by atoms with Crippen LogP contribution in [-0.4, -0.2) is 42.9 Å². The Hall–Kier alpha value is -2.80.